The molecule has 1 amide bonds. The van der Waals surface area contributed by atoms with Crippen molar-refractivity contribution in [2.24, 2.45) is 5.73 Å². The third-order valence-corrected chi connectivity index (χ3v) is 2.24. The van der Waals surface area contributed by atoms with Crippen LogP contribution in [0.3, 0.4) is 0 Å². The lowest BCUT2D eigenvalue weighted by Crippen LogP contribution is -2.37. The molecule has 4 heteroatoms. The highest BCUT2D eigenvalue weighted by Crippen LogP contribution is 2.11. The van der Waals surface area contributed by atoms with Gasteiger partial charge in [-0.2, -0.15) is 0 Å². The number of likely N-dealkylation sites (N-methyl/N-ethyl adjacent to an activating group) is 1. The molecule has 0 spiro atoms. The third kappa shape index (κ3) is 3.04. The Bertz CT molecular complexity index is 314. The van der Waals surface area contributed by atoms with E-state index < -0.39 is 6.04 Å². The zero-order valence-corrected chi connectivity index (χ0v) is 8.76. The van der Waals surface area contributed by atoms with Gasteiger partial charge < -0.3 is 15.7 Å². The Morgan fingerprint density at radius 3 is 2.60 bits per heavy atom. The Kier molecular flexibility index (Phi) is 4.27. The monoisotopic (exact) mass is 208 g/mol. The van der Waals surface area contributed by atoms with Gasteiger partial charge in [0.25, 0.3) is 0 Å². The number of benzene rings is 1. The summed E-state index contributed by atoms with van der Waals surface area (Å²) in [5, 5.41) is 8.70. The van der Waals surface area contributed by atoms with E-state index >= 15 is 0 Å². The largest absolute Gasteiger partial charge is 0.395 e. The van der Waals surface area contributed by atoms with Crippen LogP contribution in [0.4, 0.5) is 0 Å². The number of aliphatic hydroxyl groups is 1. The molecule has 0 heterocycles. The van der Waals surface area contributed by atoms with Gasteiger partial charge in [0, 0.05) is 13.6 Å². The average Bonchev–Trinajstić information content (AvgIpc) is 2.28. The van der Waals surface area contributed by atoms with E-state index in [9.17, 15) is 4.79 Å². The van der Waals surface area contributed by atoms with Crippen molar-refractivity contribution in [2.45, 2.75) is 6.04 Å². The lowest BCUT2D eigenvalue weighted by atomic mass is 10.1. The Morgan fingerprint density at radius 1 is 1.47 bits per heavy atom. The van der Waals surface area contributed by atoms with Crippen LogP contribution in [0.2, 0.25) is 0 Å². The molecule has 1 rings (SSSR count). The van der Waals surface area contributed by atoms with Crippen LogP contribution >= 0.6 is 0 Å². The van der Waals surface area contributed by atoms with Crippen LogP contribution in [0, 0.1) is 0 Å². The molecular weight excluding hydrogens is 192 g/mol. The van der Waals surface area contributed by atoms with Crippen LogP contribution < -0.4 is 5.73 Å². The minimum absolute atomic E-state index is 0.0518. The third-order valence-electron chi connectivity index (χ3n) is 2.24. The van der Waals surface area contributed by atoms with E-state index in [2.05, 4.69) is 0 Å². The first kappa shape index (κ1) is 11.7. The summed E-state index contributed by atoms with van der Waals surface area (Å²) >= 11 is 0. The molecule has 0 radical (unpaired) electrons. The Balaban J connectivity index is 2.69. The fourth-order valence-electron chi connectivity index (χ4n) is 1.30. The van der Waals surface area contributed by atoms with Gasteiger partial charge in [-0.25, -0.2) is 0 Å². The zero-order chi connectivity index (χ0) is 11.3. The number of hydrogen-bond donors (Lipinski definition) is 2. The molecule has 4 nitrogen and oxygen atoms in total. The lowest BCUT2D eigenvalue weighted by Gasteiger charge is -2.20. The molecule has 0 aliphatic carbocycles. The zero-order valence-electron chi connectivity index (χ0n) is 8.76. The summed E-state index contributed by atoms with van der Waals surface area (Å²) in [7, 11) is 1.63. The van der Waals surface area contributed by atoms with Crippen LogP contribution in [-0.4, -0.2) is 36.1 Å². The molecule has 1 aromatic rings. The minimum atomic E-state index is -0.650. The van der Waals surface area contributed by atoms with Crippen molar-refractivity contribution < 1.29 is 9.90 Å². The molecule has 0 saturated carbocycles. The van der Waals surface area contributed by atoms with Gasteiger partial charge in [-0.3, -0.25) is 4.79 Å². The van der Waals surface area contributed by atoms with Crippen LogP contribution in [0.5, 0.6) is 0 Å². The average molecular weight is 208 g/mol. The first-order valence-electron chi connectivity index (χ1n) is 4.83. The highest BCUT2D eigenvalue weighted by Gasteiger charge is 2.18. The van der Waals surface area contributed by atoms with Gasteiger partial charge in [0.15, 0.2) is 0 Å². The smallest absolute Gasteiger partial charge is 0.243 e. The SMILES string of the molecule is CN(CCO)C(=O)[C@H](N)c1ccccc1. The maximum absolute atomic E-state index is 11.7. The van der Waals surface area contributed by atoms with Gasteiger partial charge in [0.1, 0.15) is 6.04 Å². The van der Waals surface area contributed by atoms with Gasteiger partial charge in [-0.1, -0.05) is 30.3 Å². The minimum Gasteiger partial charge on any atom is -0.395 e. The van der Waals surface area contributed by atoms with Crippen molar-refractivity contribution in [1.29, 1.82) is 0 Å². The van der Waals surface area contributed by atoms with Gasteiger partial charge in [0.05, 0.1) is 6.61 Å². The quantitative estimate of drug-likeness (QED) is 0.739. The normalized spacial score (nSPS) is 12.2. The van der Waals surface area contributed by atoms with Gasteiger partial charge >= 0.3 is 0 Å². The summed E-state index contributed by atoms with van der Waals surface area (Å²) in [6.45, 7) is 0.253. The molecule has 0 saturated heterocycles. The highest BCUT2D eigenvalue weighted by molar-refractivity contribution is 5.82. The summed E-state index contributed by atoms with van der Waals surface area (Å²) in [4.78, 5) is 13.2. The first-order chi connectivity index (χ1) is 7.16. The summed E-state index contributed by atoms with van der Waals surface area (Å²) in [5.41, 5.74) is 6.58. The highest BCUT2D eigenvalue weighted by atomic mass is 16.3. The van der Waals surface area contributed by atoms with Crippen molar-refractivity contribution in [2.75, 3.05) is 20.2 Å². The second-order valence-electron chi connectivity index (χ2n) is 3.37. The molecule has 0 aliphatic rings. The maximum atomic E-state index is 11.7. The fraction of sp³-hybridized carbons (Fsp3) is 0.364. The van der Waals surface area contributed by atoms with E-state index in [1.165, 1.54) is 4.90 Å². The molecule has 0 aromatic heterocycles. The van der Waals surface area contributed by atoms with E-state index in [-0.39, 0.29) is 12.5 Å². The number of nitrogens with zero attached hydrogens (tertiary/aromatic N) is 1. The molecular formula is C11H16N2O2. The molecule has 0 fully saturated rings. The van der Waals surface area contributed by atoms with Gasteiger partial charge in [-0.15, -0.1) is 0 Å². The number of carbonyl (C=O) groups excluding carboxylic acids is 1. The molecule has 1 atom stereocenters. The predicted molar refractivity (Wildman–Crippen MR) is 58.1 cm³/mol. The Hall–Kier alpha value is -1.39. The number of hydrogen-bond acceptors (Lipinski definition) is 3. The van der Waals surface area contributed by atoms with E-state index in [1.54, 1.807) is 7.05 Å². The van der Waals surface area contributed by atoms with Gasteiger partial charge in [-0.05, 0) is 5.56 Å². The number of nitrogens with two attached hydrogens (primary N) is 1. The topological polar surface area (TPSA) is 66.6 Å². The number of carbonyl (C=O) groups is 1. The second-order valence-corrected chi connectivity index (χ2v) is 3.37. The van der Waals surface area contributed by atoms with E-state index in [0.717, 1.165) is 5.56 Å². The number of aliphatic hydroxyl groups excluding tert-OH is 1. The standard InChI is InChI=1S/C11H16N2O2/c1-13(7-8-14)11(15)10(12)9-5-3-2-4-6-9/h2-6,10,14H,7-8,12H2,1H3/t10-/m1/s1. The van der Waals surface area contributed by atoms with Crippen LogP contribution in [0.15, 0.2) is 30.3 Å². The molecule has 1 aromatic carbocycles. The van der Waals surface area contributed by atoms with Crippen molar-refractivity contribution in [3.63, 3.8) is 0 Å². The van der Waals surface area contributed by atoms with Crippen LogP contribution in [-0.2, 0) is 4.79 Å². The Morgan fingerprint density at radius 2 is 2.07 bits per heavy atom. The van der Waals surface area contributed by atoms with E-state index in [0.29, 0.717) is 6.54 Å². The molecule has 0 aliphatic heterocycles. The molecule has 0 unspecified atom stereocenters. The summed E-state index contributed by atoms with van der Waals surface area (Å²) < 4.78 is 0. The molecule has 3 N–H and O–H groups in total. The Labute approximate surface area is 89.3 Å². The fourth-order valence-corrected chi connectivity index (χ4v) is 1.30. The maximum Gasteiger partial charge on any atom is 0.243 e. The molecule has 0 bridgehead atoms. The van der Waals surface area contributed by atoms with Crippen LogP contribution in [0.25, 0.3) is 0 Å². The summed E-state index contributed by atoms with van der Waals surface area (Å²) in [6, 6.07) is 8.54. The van der Waals surface area contributed by atoms with E-state index in [4.69, 9.17) is 10.8 Å². The van der Waals surface area contributed by atoms with E-state index in [1.807, 2.05) is 30.3 Å². The summed E-state index contributed by atoms with van der Waals surface area (Å²) in [6.07, 6.45) is 0. The number of rotatable bonds is 4. The van der Waals surface area contributed by atoms with Crippen molar-refractivity contribution in [3.8, 4) is 0 Å². The van der Waals surface area contributed by atoms with Gasteiger partial charge in [0.2, 0.25) is 5.91 Å². The number of amides is 1. The van der Waals surface area contributed by atoms with Crippen molar-refractivity contribution in [3.05, 3.63) is 35.9 Å². The first-order valence-corrected chi connectivity index (χ1v) is 4.83. The molecule has 82 valence electrons. The second kappa shape index (κ2) is 5.48. The van der Waals surface area contributed by atoms with Crippen molar-refractivity contribution in [1.82, 2.24) is 4.90 Å². The van der Waals surface area contributed by atoms with Crippen LogP contribution in [0.1, 0.15) is 11.6 Å². The molecule has 15 heavy (non-hydrogen) atoms. The van der Waals surface area contributed by atoms with Crippen molar-refractivity contribution >= 4 is 5.91 Å². The predicted octanol–water partition coefficient (Wildman–Crippen LogP) is 0.137. The summed E-state index contributed by atoms with van der Waals surface area (Å²) in [5.74, 6) is -0.185. The lowest BCUT2D eigenvalue weighted by molar-refractivity contribution is -0.131.